The minimum atomic E-state index is -0.736. The first-order chi connectivity index (χ1) is 5.75. The highest BCUT2D eigenvalue weighted by Gasteiger charge is 2.44. The highest BCUT2D eigenvalue weighted by atomic mass is 16.4. The molecule has 2 N–H and O–H groups in total. The highest BCUT2D eigenvalue weighted by Crippen LogP contribution is 2.44. The van der Waals surface area contributed by atoms with Gasteiger partial charge < -0.3 is 10.2 Å². The van der Waals surface area contributed by atoms with Gasteiger partial charge in [-0.25, -0.2) is 0 Å². The number of hydrogen-bond donors (Lipinski definition) is 2. The van der Waals surface area contributed by atoms with Gasteiger partial charge >= 0.3 is 5.97 Å². The molecule has 1 rings (SSSR count). The Bertz CT molecular complexity index is 218. The predicted molar refractivity (Wildman–Crippen MR) is 49.4 cm³/mol. The molecule has 0 unspecified atom stereocenters. The normalized spacial score (nSPS) is 38.6. The molecule has 0 heterocycles. The molecule has 0 spiro atoms. The number of aliphatic carboxylic acids is 1. The fourth-order valence-corrected chi connectivity index (χ4v) is 2.50. The Labute approximate surface area is 78.8 Å². The lowest BCUT2D eigenvalue weighted by molar-refractivity contribution is -0.152. The van der Waals surface area contributed by atoms with Gasteiger partial charge in [-0.2, -0.15) is 0 Å². The van der Waals surface area contributed by atoms with Gasteiger partial charge in [0.05, 0.1) is 11.5 Å². The zero-order valence-corrected chi connectivity index (χ0v) is 8.50. The fraction of sp³-hybridized carbons (Fsp3) is 0.900. The van der Waals surface area contributed by atoms with Gasteiger partial charge in [0.15, 0.2) is 0 Å². The molecule has 1 fully saturated rings. The van der Waals surface area contributed by atoms with Crippen molar-refractivity contribution in [1.82, 2.24) is 0 Å². The second-order valence-corrected chi connectivity index (χ2v) is 5.09. The lowest BCUT2D eigenvalue weighted by atomic mass is 9.64. The van der Waals surface area contributed by atoms with Crippen molar-refractivity contribution in [2.75, 3.05) is 0 Å². The van der Waals surface area contributed by atoms with Crippen molar-refractivity contribution in [3.05, 3.63) is 0 Å². The highest BCUT2D eigenvalue weighted by molar-refractivity contribution is 5.71. The van der Waals surface area contributed by atoms with Crippen molar-refractivity contribution in [2.24, 2.45) is 11.3 Å². The Hall–Kier alpha value is -0.570. The van der Waals surface area contributed by atoms with E-state index in [0.29, 0.717) is 19.3 Å². The van der Waals surface area contributed by atoms with E-state index in [9.17, 15) is 9.90 Å². The number of carbonyl (C=O) groups is 1. The third-order valence-corrected chi connectivity index (χ3v) is 3.05. The Kier molecular flexibility index (Phi) is 2.41. The van der Waals surface area contributed by atoms with E-state index in [1.165, 1.54) is 0 Å². The number of carboxylic acid groups (broad SMARTS) is 1. The fourth-order valence-electron chi connectivity index (χ4n) is 2.50. The van der Waals surface area contributed by atoms with Crippen molar-refractivity contribution in [3.63, 3.8) is 0 Å². The molecule has 3 heteroatoms. The second kappa shape index (κ2) is 2.98. The average Bonchev–Trinajstić information content (AvgIpc) is 1.79. The number of rotatable bonds is 1. The zero-order valence-electron chi connectivity index (χ0n) is 8.50. The summed E-state index contributed by atoms with van der Waals surface area (Å²) in [6.45, 7) is 5.62. The van der Waals surface area contributed by atoms with Crippen molar-refractivity contribution in [2.45, 2.75) is 45.6 Å². The van der Waals surface area contributed by atoms with Gasteiger partial charge in [-0.05, 0) is 31.6 Å². The summed E-state index contributed by atoms with van der Waals surface area (Å²) in [6.07, 6.45) is 1.74. The molecule has 0 bridgehead atoms. The molecule has 0 aromatic carbocycles. The van der Waals surface area contributed by atoms with Crippen molar-refractivity contribution < 1.29 is 15.0 Å². The van der Waals surface area contributed by atoms with E-state index >= 15 is 0 Å². The smallest absolute Gasteiger partial charge is 0.307 e. The molecule has 3 nitrogen and oxygen atoms in total. The number of carboxylic acids is 1. The molecule has 2 atom stereocenters. The molecular formula is C10H18O3. The summed E-state index contributed by atoms with van der Waals surface area (Å²) in [5.41, 5.74) is -0.983. The lowest BCUT2D eigenvalue weighted by Gasteiger charge is -2.43. The van der Waals surface area contributed by atoms with Crippen LogP contribution in [0.1, 0.15) is 40.0 Å². The largest absolute Gasteiger partial charge is 0.481 e. The Morgan fingerprint density at radius 1 is 1.38 bits per heavy atom. The Morgan fingerprint density at radius 3 is 2.31 bits per heavy atom. The lowest BCUT2D eigenvalue weighted by Crippen LogP contribution is -2.44. The maximum Gasteiger partial charge on any atom is 0.307 e. The van der Waals surface area contributed by atoms with Gasteiger partial charge in [-0.15, -0.1) is 0 Å². The zero-order chi connectivity index (χ0) is 10.3. The van der Waals surface area contributed by atoms with Crippen LogP contribution in [0, 0.1) is 11.3 Å². The summed E-state index contributed by atoms with van der Waals surface area (Å²) in [4.78, 5) is 10.9. The van der Waals surface area contributed by atoms with Gasteiger partial charge in [-0.1, -0.05) is 13.8 Å². The molecule has 76 valence electrons. The molecule has 1 aliphatic rings. The van der Waals surface area contributed by atoms with E-state index in [1.807, 2.05) is 13.8 Å². The summed E-state index contributed by atoms with van der Waals surface area (Å²) in [5.74, 6) is -1.05. The number of hydrogen-bond acceptors (Lipinski definition) is 2. The first-order valence-corrected chi connectivity index (χ1v) is 4.70. The molecule has 1 aliphatic carbocycles. The van der Waals surface area contributed by atoms with Crippen molar-refractivity contribution >= 4 is 5.97 Å². The monoisotopic (exact) mass is 186 g/mol. The predicted octanol–water partition coefficient (Wildman–Crippen LogP) is 1.65. The molecule has 0 saturated heterocycles. The maximum absolute atomic E-state index is 10.9. The summed E-state index contributed by atoms with van der Waals surface area (Å²) in [6, 6.07) is 0. The summed E-state index contributed by atoms with van der Waals surface area (Å²) in [7, 11) is 0. The molecule has 0 aliphatic heterocycles. The molecule has 0 radical (unpaired) electrons. The third-order valence-electron chi connectivity index (χ3n) is 3.05. The van der Waals surface area contributed by atoms with Crippen LogP contribution < -0.4 is 0 Å². The van der Waals surface area contributed by atoms with Crippen LogP contribution in [0.25, 0.3) is 0 Å². The van der Waals surface area contributed by atoms with E-state index in [0.717, 1.165) is 0 Å². The first kappa shape index (κ1) is 10.5. The van der Waals surface area contributed by atoms with Crippen LogP contribution in [0.15, 0.2) is 0 Å². The van der Waals surface area contributed by atoms with Crippen LogP contribution in [0.5, 0.6) is 0 Å². The van der Waals surface area contributed by atoms with E-state index in [1.54, 1.807) is 6.92 Å². The third kappa shape index (κ3) is 2.21. The first-order valence-electron chi connectivity index (χ1n) is 4.70. The molecule has 0 aromatic heterocycles. The van der Waals surface area contributed by atoms with Gasteiger partial charge in [0.2, 0.25) is 0 Å². The van der Waals surface area contributed by atoms with E-state index in [4.69, 9.17) is 5.11 Å². The van der Waals surface area contributed by atoms with Crippen LogP contribution >= 0.6 is 0 Å². The summed E-state index contributed by atoms with van der Waals surface area (Å²) in [5, 5.41) is 18.8. The molecule has 13 heavy (non-hydrogen) atoms. The quantitative estimate of drug-likeness (QED) is 0.654. The van der Waals surface area contributed by atoms with Crippen LogP contribution in [0.4, 0.5) is 0 Å². The van der Waals surface area contributed by atoms with Crippen LogP contribution in [-0.2, 0) is 4.79 Å². The maximum atomic E-state index is 10.9. The van der Waals surface area contributed by atoms with Gasteiger partial charge in [0.25, 0.3) is 0 Å². The van der Waals surface area contributed by atoms with Gasteiger partial charge in [-0.3, -0.25) is 4.79 Å². The van der Waals surface area contributed by atoms with Crippen molar-refractivity contribution in [1.29, 1.82) is 0 Å². The average molecular weight is 186 g/mol. The van der Waals surface area contributed by atoms with Gasteiger partial charge in [0.1, 0.15) is 0 Å². The SMILES string of the molecule is CC1(C)C[C@](C)(O)CC[C@@H]1C(=O)O. The second-order valence-electron chi connectivity index (χ2n) is 5.09. The van der Waals surface area contributed by atoms with E-state index in [2.05, 4.69) is 0 Å². The topological polar surface area (TPSA) is 57.5 Å². The van der Waals surface area contributed by atoms with Gasteiger partial charge in [0, 0.05) is 0 Å². The minimum Gasteiger partial charge on any atom is -0.481 e. The van der Waals surface area contributed by atoms with Crippen molar-refractivity contribution in [3.8, 4) is 0 Å². The number of aliphatic hydroxyl groups is 1. The van der Waals surface area contributed by atoms with Crippen LogP contribution in [0.2, 0.25) is 0 Å². The molecular weight excluding hydrogens is 168 g/mol. The molecule has 1 saturated carbocycles. The van der Waals surface area contributed by atoms with Crippen LogP contribution in [0.3, 0.4) is 0 Å². The Balaban J connectivity index is 2.79. The van der Waals surface area contributed by atoms with Crippen LogP contribution in [-0.4, -0.2) is 21.8 Å². The van der Waals surface area contributed by atoms with E-state index in [-0.39, 0.29) is 11.3 Å². The molecule has 0 amide bonds. The summed E-state index contributed by atoms with van der Waals surface area (Å²) < 4.78 is 0. The Morgan fingerprint density at radius 2 is 1.92 bits per heavy atom. The molecule has 0 aromatic rings. The standard InChI is InChI=1S/C10H18O3/c1-9(2)6-10(3,13)5-4-7(9)8(11)12/h7,13H,4-6H2,1-3H3,(H,11,12)/t7-,10-/m1/s1. The summed E-state index contributed by atoms with van der Waals surface area (Å²) >= 11 is 0. The van der Waals surface area contributed by atoms with E-state index < -0.39 is 11.6 Å². The minimum absolute atomic E-state index is 0.298.